The number of nitrogens with zero attached hydrogens (tertiary/aromatic N) is 2. The minimum absolute atomic E-state index is 0.0675. The van der Waals surface area contributed by atoms with Crippen molar-refractivity contribution in [1.82, 2.24) is 9.55 Å². The summed E-state index contributed by atoms with van der Waals surface area (Å²) in [6.07, 6.45) is -4.22. The standard InChI is InChI=1S/C23H20F3N3O5S2/c1-32-17-8-3-13(11-18(17)33-2)27-19(30)12-36-22-28-16-9-10-35-20(16)21(31)29(22)14-4-6-15(7-5-14)34-23(24,25)26/h3-8,11H,9-10,12H2,1-2H3,(H,27,30). The molecule has 1 N–H and O–H groups in total. The molecule has 0 spiro atoms. The smallest absolute Gasteiger partial charge is 0.493 e. The molecular weight excluding hydrogens is 519 g/mol. The van der Waals surface area contributed by atoms with Crippen molar-refractivity contribution in [2.75, 3.05) is 31.0 Å². The summed E-state index contributed by atoms with van der Waals surface area (Å²) >= 11 is 2.42. The van der Waals surface area contributed by atoms with Gasteiger partial charge in [0.15, 0.2) is 16.7 Å². The minimum Gasteiger partial charge on any atom is -0.493 e. The first kappa shape index (κ1) is 25.8. The van der Waals surface area contributed by atoms with Crippen LogP contribution < -0.4 is 25.1 Å². The summed E-state index contributed by atoms with van der Waals surface area (Å²) < 4.78 is 53.2. The summed E-state index contributed by atoms with van der Waals surface area (Å²) in [4.78, 5) is 30.9. The Kier molecular flexibility index (Phi) is 7.69. The number of anilines is 1. The number of amides is 1. The molecule has 0 radical (unpaired) electrons. The third-order valence-corrected chi connectivity index (χ3v) is 7.04. The first-order valence-electron chi connectivity index (χ1n) is 10.5. The normalized spacial score (nSPS) is 12.7. The van der Waals surface area contributed by atoms with Crippen molar-refractivity contribution >= 4 is 35.1 Å². The number of carbonyl (C=O) groups excluding carboxylic acids is 1. The van der Waals surface area contributed by atoms with Crippen LogP contribution >= 0.6 is 23.5 Å². The van der Waals surface area contributed by atoms with Crippen molar-refractivity contribution in [3.8, 4) is 22.9 Å². The van der Waals surface area contributed by atoms with Gasteiger partial charge in [0.05, 0.1) is 36.2 Å². The molecule has 2 heterocycles. The van der Waals surface area contributed by atoms with E-state index in [1.165, 1.54) is 42.7 Å². The number of benzene rings is 2. The molecule has 0 fully saturated rings. The average Bonchev–Trinajstić information content (AvgIpc) is 3.31. The molecule has 0 saturated carbocycles. The van der Waals surface area contributed by atoms with Crippen molar-refractivity contribution in [3.05, 3.63) is 58.5 Å². The van der Waals surface area contributed by atoms with Crippen molar-refractivity contribution in [2.24, 2.45) is 0 Å². The number of aryl methyl sites for hydroxylation is 1. The molecule has 190 valence electrons. The van der Waals surface area contributed by atoms with Crippen LogP contribution in [0.5, 0.6) is 17.2 Å². The maximum atomic E-state index is 13.2. The van der Waals surface area contributed by atoms with Crippen LogP contribution in [0.15, 0.2) is 57.3 Å². The van der Waals surface area contributed by atoms with E-state index in [-0.39, 0.29) is 22.4 Å². The van der Waals surface area contributed by atoms with Gasteiger partial charge in [-0.25, -0.2) is 4.98 Å². The van der Waals surface area contributed by atoms with E-state index < -0.39 is 12.1 Å². The maximum Gasteiger partial charge on any atom is 0.573 e. The number of hydrogen-bond donors (Lipinski definition) is 1. The van der Waals surface area contributed by atoms with Gasteiger partial charge >= 0.3 is 6.36 Å². The second-order valence-electron chi connectivity index (χ2n) is 7.36. The molecule has 1 amide bonds. The van der Waals surface area contributed by atoms with Gasteiger partial charge in [-0.15, -0.1) is 24.9 Å². The van der Waals surface area contributed by atoms with E-state index >= 15 is 0 Å². The lowest BCUT2D eigenvalue weighted by Gasteiger charge is -2.15. The zero-order valence-corrected chi connectivity index (χ0v) is 20.7. The fourth-order valence-electron chi connectivity index (χ4n) is 3.45. The molecule has 1 aliphatic heterocycles. The Morgan fingerprint density at radius 1 is 1.14 bits per heavy atom. The molecular formula is C23H20F3N3O5S2. The number of rotatable bonds is 8. The molecule has 36 heavy (non-hydrogen) atoms. The third kappa shape index (κ3) is 5.90. The number of halogens is 3. The van der Waals surface area contributed by atoms with Gasteiger partial charge in [0, 0.05) is 23.9 Å². The van der Waals surface area contributed by atoms with Crippen LogP contribution in [0.25, 0.3) is 5.69 Å². The van der Waals surface area contributed by atoms with E-state index in [2.05, 4.69) is 15.0 Å². The summed E-state index contributed by atoms with van der Waals surface area (Å²) in [5.74, 6) is 0.836. The Morgan fingerprint density at radius 2 is 1.86 bits per heavy atom. The van der Waals surface area contributed by atoms with Crippen molar-refractivity contribution in [3.63, 3.8) is 0 Å². The number of nitrogens with one attached hydrogen (secondary N) is 1. The first-order valence-corrected chi connectivity index (χ1v) is 12.4. The monoisotopic (exact) mass is 539 g/mol. The van der Waals surface area contributed by atoms with Gasteiger partial charge in [-0.1, -0.05) is 11.8 Å². The molecule has 2 aromatic carbocycles. The van der Waals surface area contributed by atoms with Crippen molar-refractivity contribution in [1.29, 1.82) is 0 Å². The van der Waals surface area contributed by atoms with Crippen LogP contribution in [0.4, 0.5) is 18.9 Å². The summed E-state index contributed by atoms with van der Waals surface area (Å²) in [5, 5.41) is 3.01. The predicted octanol–water partition coefficient (Wildman–Crippen LogP) is 4.53. The molecule has 3 aromatic rings. The van der Waals surface area contributed by atoms with E-state index in [0.717, 1.165) is 23.9 Å². The lowest BCUT2D eigenvalue weighted by Crippen LogP contribution is -2.24. The highest BCUT2D eigenvalue weighted by molar-refractivity contribution is 8.00. The van der Waals surface area contributed by atoms with Crippen LogP contribution in [0.1, 0.15) is 5.69 Å². The zero-order valence-electron chi connectivity index (χ0n) is 19.0. The zero-order chi connectivity index (χ0) is 25.9. The van der Waals surface area contributed by atoms with Gasteiger partial charge in [-0.3, -0.25) is 14.2 Å². The Morgan fingerprint density at radius 3 is 2.53 bits per heavy atom. The molecule has 13 heteroatoms. The van der Waals surface area contributed by atoms with Crippen molar-refractivity contribution in [2.45, 2.75) is 22.8 Å². The molecule has 0 unspecified atom stereocenters. The highest BCUT2D eigenvalue weighted by Gasteiger charge is 2.31. The molecule has 1 aliphatic rings. The van der Waals surface area contributed by atoms with E-state index in [1.807, 2.05) is 0 Å². The molecule has 0 atom stereocenters. The SMILES string of the molecule is COc1ccc(NC(=O)CSc2nc3c(c(=O)n2-c2ccc(OC(F)(F)F)cc2)SCC3)cc1OC. The van der Waals surface area contributed by atoms with Gasteiger partial charge in [0.1, 0.15) is 5.75 Å². The first-order chi connectivity index (χ1) is 17.2. The summed E-state index contributed by atoms with van der Waals surface area (Å²) in [6.45, 7) is 0. The maximum absolute atomic E-state index is 13.2. The average molecular weight is 540 g/mol. The highest BCUT2D eigenvalue weighted by atomic mass is 32.2. The molecule has 0 aliphatic carbocycles. The Hall–Kier alpha value is -3.32. The number of aromatic nitrogens is 2. The van der Waals surface area contributed by atoms with Crippen LogP contribution in [0, 0.1) is 0 Å². The molecule has 1 aromatic heterocycles. The number of ether oxygens (including phenoxy) is 3. The molecule has 0 bridgehead atoms. The molecule has 8 nitrogen and oxygen atoms in total. The van der Waals surface area contributed by atoms with E-state index in [4.69, 9.17) is 9.47 Å². The predicted molar refractivity (Wildman–Crippen MR) is 130 cm³/mol. The Balaban J connectivity index is 1.56. The topological polar surface area (TPSA) is 91.7 Å². The van der Waals surface area contributed by atoms with Crippen LogP contribution in [-0.4, -0.2) is 47.5 Å². The van der Waals surface area contributed by atoms with E-state index in [9.17, 15) is 22.8 Å². The number of alkyl halides is 3. The minimum atomic E-state index is -4.83. The second kappa shape index (κ2) is 10.7. The Labute approximate surface area is 212 Å². The number of methoxy groups -OCH3 is 2. The van der Waals surface area contributed by atoms with E-state index in [0.29, 0.717) is 45.6 Å². The molecule has 4 rings (SSSR count). The lowest BCUT2D eigenvalue weighted by atomic mass is 10.2. The van der Waals surface area contributed by atoms with Crippen LogP contribution in [-0.2, 0) is 11.2 Å². The number of thioether (sulfide) groups is 2. The van der Waals surface area contributed by atoms with Gasteiger partial charge in [-0.05, 0) is 36.4 Å². The number of carbonyl (C=O) groups is 1. The number of fused-ring (bicyclic) bond motifs is 1. The van der Waals surface area contributed by atoms with E-state index in [1.54, 1.807) is 18.2 Å². The summed E-state index contributed by atoms with van der Waals surface area (Å²) in [5.41, 5.74) is 1.10. The second-order valence-corrected chi connectivity index (χ2v) is 9.41. The van der Waals surface area contributed by atoms with Crippen LogP contribution in [0.2, 0.25) is 0 Å². The Bertz CT molecular complexity index is 1330. The van der Waals surface area contributed by atoms with Gasteiger partial charge in [0.25, 0.3) is 5.56 Å². The van der Waals surface area contributed by atoms with Crippen molar-refractivity contribution < 1.29 is 32.2 Å². The van der Waals surface area contributed by atoms with Crippen LogP contribution in [0.3, 0.4) is 0 Å². The number of hydrogen-bond acceptors (Lipinski definition) is 8. The fourth-order valence-corrected chi connectivity index (χ4v) is 5.31. The summed E-state index contributed by atoms with van der Waals surface area (Å²) in [6, 6.07) is 9.85. The lowest BCUT2D eigenvalue weighted by molar-refractivity contribution is -0.274. The largest absolute Gasteiger partial charge is 0.573 e. The third-order valence-electron chi connectivity index (χ3n) is 4.99. The quantitative estimate of drug-likeness (QED) is 0.330. The fraction of sp³-hybridized carbons (Fsp3) is 0.261. The highest BCUT2D eigenvalue weighted by Crippen LogP contribution is 2.32. The van der Waals surface area contributed by atoms with Gasteiger partial charge in [0.2, 0.25) is 5.91 Å². The van der Waals surface area contributed by atoms with Gasteiger partial charge in [-0.2, -0.15) is 0 Å². The molecule has 0 saturated heterocycles. The summed E-state index contributed by atoms with van der Waals surface area (Å²) in [7, 11) is 2.99. The van der Waals surface area contributed by atoms with Gasteiger partial charge < -0.3 is 19.5 Å².